The molecule has 0 saturated carbocycles. The molecule has 0 aromatic heterocycles. The minimum Gasteiger partial charge on any atom is -0.490 e. The average molecular weight is 554 g/mol. The Morgan fingerprint density at radius 2 is 1.92 bits per heavy atom. The van der Waals surface area contributed by atoms with Gasteiger partial charge in [0.1, 0.15) is 17.7 Å². The van der Waals surface area contributed by atoms with Crippen molar-refractivity contribution in [3.8, 4) is 5.75 Å². The highest BCUT2D eigenvalue weighted by Gasteiger charge is 2.26. The van der Waals surface area contributed by atoms with Crippen molar-refractivity contribution in [3.05, 3.63) is 65.7 Å². The number of ether oxygens (including phenoxy) is 1. The van der Waals surface area contributed by atoms with Crippen molar-refractivity contribution in [2.45, 2.75) is 38.2 Å². The third-order valence-electron chi connectivity index (χ3n) is 6.76. The van der Waals surface area contributed by atoms with Gasteiger partial charge in [-0.1, -0.05) is 30.4 Å². The van der Waals surface area contributed by atoms with E-state index in [9.17, 15) is 18.3 Å². The van der Waals surface area contributed by atoms with Crippen LogP contribution in [0, 0.1) is 5.41 Å². The van der Waals surface area contributed by atoms with E-state index in [4.69, 9.17) is 15.9 Å². The van der Waals surface area contributed by atoms with Crippen molar-refractivity contribution in [1.29, 1.82) is 5.41 Å². The van der Waals surface area contributed by atoms with E-state index >= 15 is 0 Å². The molecule has 0 radical (unpaired) electrons. The number of nitrogens with one attached hydrogen (secondary N) is 1. The van der Waals surface area contributed by atoms with Gasteiger partial charge in [-0.3, -0.25) is 19.5 Å². The number of carboxylic acids is 1. The van der Waals surface area contributed by atoms with E-state index in [1.165, 1.54) is 18.7 Å². The summed E-state index contributed by atoms with van der Waals surface area (Å²) >= 11 is 0. The average Bonchev–Trinajstić information content (AvgIpc) is 2.92. The van der Waals surface area contributed by atoms with Crippen LogP contribution in [0.5, 0.6) is 5.75 Å². The summed E-state index contributed by atoms with van der Waals surface area (Å²) in [6, 6.07) is 13.7. The van der Waals surface area contributed by atoms with Crippen LogP contribution in [-0.4, -0.2) is 74.1 Å². The van der Waals surface area contributed by atoms with E-state index in [0.29, 0.717) is 17.0 Å². The fourth-order valence-corrected chi connectivity index (χ4v) is 5.99. The number of hydrogen-bond donors (Lipinski definition) is 3. The van der Waals surface area contributed by atoms with Gasteiger partial charge in [0.05, 0.1) is 18.1 Å². The van der Waals surface area contributed by atoms with E-state index < -0.39 is 21.7 Å². The first-order valence-corrected chi connectivity index (χ1v) is 14.7. The summed E-state index contributed by atoms with van der Waals surface area (Å²) < 4.78 is 33.1. The number of benzene rings is 2. The molecule has 0 spiro atoms. The quantitative estimate of drug-likeness (QED) is 0.302. The van der Waals surface area contributed by atoms with E-state index in [2.05, 4.69) is 9.89 Å². The van der Waals surface area contributed by atoms with Gasteiger partial charge >= 0.3 is 5.97 Å². The zero-order chi connectivity index (χ0) is 27.8. The molecule has 2 heterocycles. The van der Waals surface area contributed by atoms with Gasteiger partial charge in [0.25, 0.3) is 0 Å². The van der Waals surface area contributed by atoms with E-state index in [-0.39, 0.29) is 18.5 Å². The molecule has 2 aromatic rings. The zero-order valence-electron chi connectivity index (χ0n) is 21.8. The molecule has 4 rings (SSSR count). The van der Waals surface area contributed by atoms with Crippen LogP contribution in [0.3, 0.4) is 0 Å². The van der Waals surface area contributed by atoms with Crippen molar-refractivity contribution in [2.75, 3.05) is 36.2 Å². The molecule has 39 heavy (non-hydrogen) atoms. The van der Waals surface area contributed by atoms with Crippen LogP contribution in [0.2, 0.25) is 0 Å². The molecular weight excluding hydrogens is 518 g/mol. The number of anilines is 1. The van der Waals surface area contributed by atoms with Crippen LogP contribution in [-0.2, 0) is 14.8 Å². The fourth-order valence-electron chi connectivity index (χ4n) is 4.76. The van der Waals surface area contributed by atoms with Crippen molar-refractivity contribution in [1.82, 2.24) is 4.90 Å². The largest absolute Gasteiger partial charge is 0.490 e. The summed E-state index contributed by atoms with van der Waals surface area (Å²) in [7, 11) is -4.14. The molecule has 1 fully saturated rings. The summed E-state index contributed by atoms with van der Waals surface area (Å²) in [6.07, 6.45) is 8.59. The summed E-state index contributed by atoms with van der Waals surface area (Å²) in [6.45, 7) is 2.66. The number of piperidine rings is 1. The second-order valence-electron chi connectivity index (χ2n) is 9.68. The Morgan fingerprint density at radius 3 is 2.56 bits per heavy atom. The molecule has 208 valence electrons. The summed E-state index contributed by atoms with van der Waals surface area (Å²) in [5, 5.41) is 16.8. The van der Waals surface area contributed by atoms with Crippen LogP contribution >= 0.6 is 0 Å². The van der Waals surface area contributed by atoms with E-state index in [0.717, 1.165) is 48.8 Å². The topological polar surface area (TPSA) is 149 Å². The minimum absolute atomic E-state index is 0.0665. The number of aliphatic imine (C=N–C) groups is 1. The van der Waals surface area contributed by atoms with Crippen LogP contribution in [0.15, 0.2) is 59.6 Å². The molecule has 2 aliphatic heterocycles. The molecular formula is C28H35N5O5S. The first-order valence-electron chi connectivity index (χ1n) is 13.1. The first-order chi connectivity index (χ1) is 18.7. The molecule has 0 unspecified atom stereocenters. The molecule has 0 amide bonds. The van der Waals surface area contributed by atoms with Crippen LogP contribution in [0.4, 0.5) is 5.69 Å². The lowest BCUT2D eigenvalue weighted by atomic mass is 10.1. The molecule has 0 atom stereocenters. The lowest BCUT2D eigenvalue weighted by Gasteiger charge is -2.35. The number of likely N-dealkylation sites (tertiary alicyclic amines) is 1. The summed E-state index contributed by atoms with van der Waals surface area (Å²) in [5.74, 6) is -0.666. The van der Waals surface area contributed by atoms with Gasteiger partial charge in [-0.2, -0.15) is 0 Å². The molecule has 10 nitrogen and oxygen atoms in total. The van der Waals surface area contributed by atoms with Gasteiger partial charge < -0.3 is 20.5 Å². The molecule has 2 aliphatic rings. The maximum Gasteiger partial charge on any atom is 0.320 e. The third kappa shape index (κ3) is 7.82. The fraction of sp³-hybridized carbons (Fsp3) is 0.393. The highest BCUT2D eigenvalue weighted by molar-refractivity contribution is 7.93. The van der Waals surface area contributed by atoms with Gasteiger partial charge in [-0.05, 0) is 48.7 Å². The lowest BCUT2D eigenvalue weighted by Crippen LogP contribution is -2.42. The Balaban J connectivity index is 1.42. The third-order valence-corrected chi connectivity index (χ3v) is 8.40. The van der Waals surface area contributed by atoms with Gasteiger partial charge in [-0.15, -0.1) is 0 Å². The molecule has 2 aromatic carbocycles. The van der Waals surface area contributed by atoms with Crippen molar-refractivity contribution in [3.63, 3.8) is 0 Å². The number of rotatable bonds is 10. The minimum atomic E-state index is -4.14. The number of aliphatic carboxylic acids is 1. The number of carbonyl (C=O) groups is 1. The second-order valence-corrected chi connectivity index (χ2v) is 11.6. The summed E-state index contributed by atoms with van der Waals surface area (Å²) in [5.41, 5.74) is 7.18. The van der Waals surface area contributed by atoms with Crippen LogP contribution in [0.25, 0.3) is 6.08 Å². The summed E-state index contributed by atoms with van der Waals surface area (Å²) in [4.78, 5) is 18.3. The molecule has 0 bridgehead atoms. The molecule has 4 N–H and O–H groups in total. The van der Waals surface area contributed by atoms with Crippen molar-refractivity contribution in [2.24, 2.45) is 10.7 Å². The van der Waals surface area contributed by atoms with Gasteiger partial charge in [0, 0.05) is 44.5 Å². The molecule has 11 heteroatoms. The smallest absolute Gasteiger partial charge is 0.320 e. The molecule has 0 aliphatic carbocycles. The van der Waals surface area contributed by atoms with Crippen LogP contribution in [0.1, 0.15) is 43.2 Å². The Kier molecular flexibility index (Phi) is 9.23. The number of amidine groups is 2. The first kappa shape index (κ1) is 28.2. The number of nitrogen functional groups attached to an aromatic ring is 1. The normalized spacial score (nSPS) is 16.6. The van der Waals surface area contributed by atoms with Gasteiger partial charge in [-0.25, -0.2) is 8.42 Å². The van der Waals surface area contributed by atoms with Gasteiger partial charge in [0.2, 0.25) is 10.0 Å². The standard InChI is InChI=1S/C28H35N5O5S/c29-28(30)22-7-3-5-21(19-22)6-4-16-33(39(36,37)20-27(34)35)23-9-11-24(12-10-23)38-25-13-17-32(18-14-25)26-8-1-2-15-31-26/h3-7,9-12,19,25H,1-2,8,13-18,20H2,(H3,29,30)(H,34,35)/b6-4+. The SMILES string of the molecule is N=C(N)c1cccc(/C=C/CN(c2ccc(OC3CCN(C4=NCCCC4)CC3)cc2)S(=O)(=O)CC(=O)O)c1. The van der Waals surface area contributed by atoms with Crippen molar-refractivity contribution >= 4 is 39.4 Å². The number of sulfonamides is 1. The predicted molar refractivity (Wildman–Crippen MR) is 153 cm³/mol. The maximum absolute atomic E-state index is 12.9. The number of carboxylic acid groups (broad SMARTS) is 1. The number of nitrogens with zero attached hydrogens (tertiary/aromatic N) is 3. The van der Waals surface area contributed by atoms with E-state index in [1.807, 2.05) is 0 Å². The van der Waals surface area contributed by atoms with Crippen molar-refractivity contribution < 1.29 is 23.1 Å². The van der Waals surface area contributed by atoms with E-state index in [1.54, 1.807) is 60.7 Å². The van der Waals surface area contributed by atoms with Gasteiger partial charge in [0.15, 0.2) is 5.75 Å². The van der Waals surface area contributed by atoms with Crippen LogP contribution < -0.4 is 14.8 Å². The number of nitrogens with two attached hydrogens (primary N) is 1. The Hall–Kier alpha value is -3.86. The molecule has 1 saturated heterocycles. The predicted octanol–water partition coefficient (Wildman–Crippen LogP) is 3.33. The number of hydrogen-bond acceptors (Lipinski definition) is 7. The Morgan fingerprint density at radius 1 is 1.18 bits per heavy atom. The maximum atomic E-state index is 12.9. The monoisotopic (exact) mass is 553 g/mol. The Bertz CT molecular complexity index is 1330. The second kappa shape index (κ2) is 12.8. The Labute approximate surface area is 229 Å². The highest BCUT2D eigenvalue weighted by Crippen LogP contribution is 2.26. The zero-order valence-corrected chi connectivity index (χ0v) is 22.6. The lowest BCUT2D eigenvalue weighted by molar-refractivity contribution is -0.134. The highest BCUT2D eigenvalue weighted by atomic mass is 32.2.